The Kier molecular flexibility index (Phi) is 11.3. The van der Waals surface area contributed by atoms with Gasteiger partial charge < -0.3 is 0 Å². The average Bonchev–Trinajstić information content (AvgIpc) is 2.40. The molecule has 0 spiro atoms. The second-order valence-corrected chi connectivity index (χ2v) is 7.20. The minimum absolute atomic E-state index is 0.602. The summed E-state index contributed by atoms with van der Waals surface area (Å²) < 4.78 is 24.2. The Labute approximate surface area is 120 Å². The molecule has 0 rings (SSSR count). The maximum absolute atomic E-state index is 11.4. The van der Waals surface area contributed by atoms with Crippen molar-refractivity contribution in [2.75, 3.05) is 13.6 Å². The third kappa shape index (κ3) is 10.1. The largest absolute Gasteiger partial charge is 0.235 e. The van der Waals surface area contributed by atoms with Crippen molar-refractivity contribution in [3.63, 3.8) is 0 Å². The molecule has 114 valence electrons. The van der Waals surface area contributed by atoms with Crippen molar-refractivity contribution in [1.82, 2.24) is 4.31 Å². The van der Waals surface area contributed by atoms with Crippen LogP contribution in [0.5, 0.6) is 0 Å². The predicted molar refractivity (Wildman–Crippen MR) is 83.6 cm³/mol. The topological polar surface area (TPSA) is 37.4 Å². The predicted octanol–water partition coefficient (Wildman–Crippen LogP) is 4.31. The molecule has 0 aromatic rings. The Bertz CT molecular complexity index is 312. The molecular weight excluding hydrogens is 258 g/mol. The molecule has 4 heteroatoms. The number of nitrogens with zero attached hydrogens (tertiary/aromatic N) is 1. The van der Waals surface area contributed by atoms with Gasteiger partial charge in [-0.2, -0.15) is 0 Å². The molecule has 0 aliphatic heterocycles. The number of rotatable bonds is 13. The lowest BCUT2D eigenvalue weighted by atomic mass is 10.1. The van der Waals surface area contributed by atoms with Crippen LogP contribution in [0, 0.1) is 0 Å². The maximum Gasteiger partial charge on any atom is 0.235 e. The van der Waals surface area contributed by atoms with E-state index in [0.717, 1.165) is 18.2 Å². The zero-order valence-electron chi connectivity index (χ0n) is 12.7. The highest BCUT2D eigenvalue weighted by Crippen LogP contribution is 2.11. The van der Waals surface area contributed by atoms with E-state index in [-0.39, 0.29) is 0 Å². The fourth-order valence-corrected chi connectivity index (χ4v) is 2.71. The molecular formula is C15H31NO2S. The van der Waals surface area contributed by atoms with Crippen LogP contribution >= 0.6 is 0 Å². The van der Waals surface area contributed by atoms with Crippen molar-refractivity contribution >= 4 is 10.0 Å². The van der Waals surface area contributed by atoms with Crippen LogP contribution in [0.4, 0.5) is 0 Å². The highest BCUT2D eigenvalue weighted by molar-refractivity contribution is 7.91. The molecule has 0 aliphatic rings. The van der Waals surface area contributed by atoms with E-state index in [0.29, 0.717) is 6.54 Å². The third-order valence-corrected chi connectivity index (χ3v) is 4.94. The van der Waals surface area contributed by atoms with Gasteiger partial charge in [-0.3, -0.25) is 0 Å². The van der Waals surface area contributed by atoms with Crippen molar-refractivity contribution in [3.8, 4) is 0 Å². The van der Waals surface area contributed by atoms with Crippen LogP contribution in [-0.4, -0.2) is 26.3 Å². The summed E-state index contributed by atoms with van der Waals surface area (Å²) in [7, 11) is -1.60. The van der Waals surface area contributed by atoms with Gasteiger partial charge in [0, 0.05) is 19.0 Å². The molecule has 0 fully saturated rings. The first-order valence-corrected chi connectivity index (χ1v) is 9.13. The lowest BCUT2D eigenvalue weighted by Crippen LogP contribution is -2.25. The monoisotopic (exact) mass is 289 g/mol. The molecule has 0 unspecified atom stereocenters. The molecule has 0 amide bonds. The van der Waals surface area contributed by atoms with Gasteiger partial charge in [-0.15, -0.1) is 0 Å². The Hall–Kier alpha value is -0.350. The lowest BCUT2D eigenvalue weighted by molar-refractivity contribution is 0.454. The number of unbranched alkanes of at least 4 members (excludes halogenated alkanes) is 9. The minimum Gasteiger partial charge on any atom is -0.208 e. The first-order valence-electron chi connectivity index (χ1n) is 7.63. The summed E-state index contributed by atoms with van der Waals surface area (Å²) >= 11 is 0. The van der Waals surface area contributed by atoms with E-state index in [1.54, 1.807) is 7.05 Å². The highest BCUT2D eigenvalue weighted by atomic mass is 32.2. The lowest BCUT2D eigenvalue weighted by Gasteiger charge is -2.13. The van der Waals surface area contributed by atoms with Crippen LogP contribution < -0.4 is 0 Å². The van der Waals surface area contributed by atoms with E-state index in [1.807, 2.05) is 0 Å². The Balaban J connectivity index is 3.34. The molecule has 0 aromatic carbocycles. The van der Waals surface area contributed by atoms with E-state index >= 15 is 0 Å². The highest BCUT2D eigenvalue weighted by Gasteiger charge is 2.11. The van der Waals surface area contributed by atoms with Gasteiger partial charge in [0.15, 0.2) is 0 Å². The van der Waals surface area contributed by atoms with Crippen LogP contribution in [0.15, 0.2) is 12.0 Å². The van der Waals surface area contributed by atoms with Crippen LogP contribution in [0.3, 0.4) is 0 Å². The summed E-state index contributed by atoms with van der Waals surface area (Å²) in [6.07, 6.45) is 12.7. The number of sulfonamides is 1. The van der Waals surface area contributed by atoms with Gasteiger partial charge in [-0.25, -0.2) is 12.7 Å². The maximum atomic E-state index is 11.4. The summed E-state index contributed by atoms with van der Waals surface area (Å²) in [4.78, 5) is 0. The van der Waals surface area contributed by atoms with Crippen molar-refractivity contribution in [2.45, 2.75) is 71.1 Å². The van der Waals surface area contributed by atoms with Gasteiger partial charge in [0.2, 0.25) is 10.0 Å². The second kappa shape index (κ2) is 11.5. The zero-order valence-corrected chi connectivity index (χ0v) is 13.6. The summed E-state index contributed by atoms with van der Waals surface area (Å²) in [6, 6.07) is 0. The van der Waals surface area contributed by atoms with Crippen molar-refractivity contribution in [2.24, 2.45) is 0 Å². The standard InChI is InChI=1S/C15H31NO2S/c1-4-6-7-8-9-10-11-12-13-14-15-16(3)19(17,18)5-2/h5H,2,4,6-15H2,1,3H3. The molecule has 3 nitrogen and oxygen atoms in total. The van der Waals surface area contributed by atoms with E-state index in [9.17, 15) is 8.42 Å². The van der Waals surface area contributed by atoms with Gasteiger partial charge in [-0.05, 0) is 6.42 Å². The molecule has 0 heterocycles. The zero-order chi connectivity index (χ0) is 14.6. The Morgan fingerprint density at radius 2 is 1.32 bits per heavy atom. The van der Waals surface area contributed by atoms with Gasteiger partial charge in [0.25, 0.3) is 0 Å². The molecule has 0 aliphatic carbocycles. The molecule has 0 N–H and O–H groups in total. The Morgan fingerprint density at radius 3 is 1.74 bits per heavy atom. The summed E-state index contributed by atoms with van der Waals surface area (Å²) in [6.45, 7) is 6.16. The fraction of sp³-hybridized carbons (Fsp3) is 0.867. The van der Waals surface area contributed by atoms with E-state index in [1.165, 1.54) is 55.7 Å². The summed E-state index contributed by atoms with van der Waals surface area (Å²) in [5.74, 6) is 0. The van der Waals surface area contributed by atoms with Gasteiger partial charge in [0.05, 0.1) is 0 Å². The van der Waals surface area contributed by atoms with Crippen molar-refractivity contribution in [3.05, 3.63) is 12.0 Å². The van der Waals surface area contributed by atoms with Gasteiger partial charge >= 0.3 is 0 Å². The molecule has 0 saturated heterocycles. The molecule has 0 bridgehead atoms. The first kappa shape index (κ1) is 18.7. The third-order valence-electron chi connectivity index (χ3n) is 3.47. The smallest absolute Gasteiger partial charge is 0.208 e. The van der Waals surface area contributed by atoms with E-state index < -0.39 is 10.0 Å². The molecule has 0 radical (unpaired) electrons. The molecule has 0 aromatic heterocycles. The average molecular weight is 289 g/mol. The molecule has 0 saturated carbocycles. The Morgan fingerprint density at radius 1 is 0.895 bits per heavy atom. The number of hydrogen-bond acceptors (Lipinski definition) is 2. The van der Waals surface area contributed by atoms with Crippen molar-refractivity contribution in [1.29, 1.82) is 0 Å². The van der Waals surface area contributed by atoms with Gasteiger partial charge in [-0.1, -0.05) is 71.3 Å². The van der Waals surface area contributed by atoms with Crippen LogP contribution in [-0.2, 0) is 10.0 Å². The number of hydrogen-bond donors (Lipinski definition) is 0. The SMILES string of the molecule is C=CS(=O)(=O)N(C)CCCCCCCCCCCC. The van der Waals surface area contributed by atoms with Gasteiger partial charge in [0.1, 0.15) is 0 Å². The quantitative estimate of drug-likeness (QED) is 0.474. The summed E-state index contributed by atoms with van der Waals surface area (Å²) in [5.41, 5.74) is 0. The normalized spacial score (nSPS) is 11.9. The minimum atomic E-state index is -3.21. The van der Waals surface area contributed by atoms with Crippen molar-refractivity contribution < 1.29 is 8.42 Å². The summed E-state index contributed by atoms with van der Waals surface area (Å²) in [5, 5.41) is 1.02. The molecule has 0 atom stereocenters. The molecule has 19 heavy (non-hydrogen) atoms. The van der Waals surface area contributed by atoms with Crippen LogP contribution in [0.2, 0.25) is 0 Å². The van der Waals surface area contributed by atoms with Crippen LogP contribution in [0.1, 0.15) is 71.1 Å². The second-order valence-electron chi connectivity index (χ2n) is 5.22. The fourth-order valence-electron chi connectivity index (χ4n) is 2.08. The first-order chi connectivity index (χ1) is 9.04. The van der Waals surface area contributed by atoms with E-state index in [2.05, 4.69) is 13.5 Å². The van der Waals surface area contributed by atoms with Crippen LogP contribution in [0.25, 0.3) is 0 Å². The van der Waals surface area contributed by atoms with E-state index in [4.69, 9.17) is 0 Å².